The molecular formula is C29H29ClFN7O3Si. The first kappa shape index (κ1) is 28.0. The SMILES string of the molecule is C[Si](C)(C)CCOCc1nc(-c2ccc(-c3cnn4ccc(N5C(=O)OC[C@H]5c5ccc(Cl)cc5)nc34)cc2F)n[nH]1. The summed E-state index contributed by atoms with van der Waals surface area (Å²) >= 11 is 6.05. The summed E-state index contributed by atoms with van der Waals surface area (Å²) in [6, 6.07) is 14.4. The van der Waals surface area contributed by atoms with E-state index in [1.165, 1.54) is 11.0 Å². The average Bonchev–Trinajstić information content (AvgIpc) is 3.69. The van der Waals surface area contributed by atoms with Crippen molar-refractivity contribution in [3.8, 4) is 22.5 Å². The van der Waals surface area contributed by atoms with E-state index in [1.807, 2.05) is 12.1 Å². The molecule has 13 heteroatoms. The van der Waals surface area contributed by atoms with Crippen LogP contribution in [0.3, 0.4) is 0 Å². The Morgan fingerprint density at radius 2 is 1.93 bits per heavy atom. The molecule has 10 nitrogen and oxygen atoms in total. The molecule has 1 N–H and O–H groups in total. The van der Waals surface area contributed by atoms with E-state index < -0.39 is 20.0 Å². The summed E-state index contributed by atoms with van der Waals surface area (Å²) in [5.74, 6) is 0.702. The van der Waals surface area contributed by atoms with Crippen molar-refractivity contribution < 1.29 is 18.7 Å². The van der Waals surface area contributed by atoms with Gasteiger partial charge in [0.05, 0.1) is 11.8 Å². The van der Waals surface area contributed by atoms with Crippen molar-refractivity contribution in [3.63, 3.8) is 0 Å². The van der Waals surface area contributed by atoms with E-state index in [4.69, 9.17) is 26.1 Å². The highest BCUT2D eigenvalue weighted by Crippen LogP contribution is 2.34. The van der Waals surface area contributed by atoms with Crippen LogP contribution in [0.1, 0.15) is 17.4 Å². The van der Waals surface area contributed by atoms with Crippen LogP contribution in [0.4, 0.5) is 15.0 Å². The smallest absolute Gasteiger partial charge is 0.416 e. The molecule has 0 saturated carbocycles. The van der Waals surface area contributed by atoms with Crippen LogP contribution in [-0.4, -0.2) is 57.2 Å². The second kappa shape index (κ2) is 11.3. The first-order valence-electron chi connectivity index (χ1n) is 13.5. The molecule has 1 aliphatic rings. The summed E-state index contributed by atoms with van der Waals surface area (Å²) in [6.07, 6.45) is 2.81. The van der Waals surface area contributed by atoms with Gasteiger partial charge in [-0.05, 0) is 47.5 Å². The normalized spacial score (nSPS) is 15.5. The Bertz CT molecular complexity index is 1750. The van der Waals surface area contributed by atoms with Gasteiger partial charge in [-0.1, -0.05) is 49.4 Å². The van der Waals surface area contributed by atoms with Crippen molar-refractivity contribution in [3.05, 3.63) is 83.2 Å². The van der Waals surface area contributed by atoms with E-state index in [0.29, 0.717) is 40.0 Å². The number of amides is 1. The summed E-state index contributed by atoms with van der Waals surface area (Å²) in [6.45, 7) is 8.00. The van der Waals surface area contributed by atoms with E-state index in [0.717, 1.165) is 11.6 Å². The lowest BCUT2D eigenvalue weighted by Crippen LogP contribution is -2.28. The Kier molecular flexibility index (Phi) is 7.52. The molecule has 1 saturated heterocycles. The predicted octanol–water partition coefficient (Wildman–Crippen LogP) is 6.53. The van der Waals surface area contributed by atoms with E-state index in [1.54, 1.807) is 47.2 Å². The minimum Gasteiger partial charge on any atom is -0.447 e. The van der Waals surface area contributed by atoms with E-state index in [2.05, 4.69) is 39.9 Å². The number of carbonyl (C=O) groups is 1. The third kappa shape index (κ3) is 5.78. The number of hydrogen-bond donors (Lipinski definition) is 1. The molecule has 2 aromatic carbocycles. The standard InChI is InChI=1S/C29H29ClFN7O3Si/c1-42(2,3)13-12-40-17-25-33-27(36-35-25)21-9-6-19(14-23(21)31)22-15-32-37-11-10-26(34-28(22)37)38-24(16-41-29(38)39)18-4-7-20(30)8-5-18/h4-11,14-15,24H,12-13,16-17H2,1-3H3,(H,33,35,36)/t24-/m0/s1. The van der Waals surface area contributed by atoms with Crippen LogP contribution in [0.2, 0.25) is 30.7 Å². The minimum absolute atomic E-state index is 0.180. The number of cyclic esters (lactones) is 1. The van der Waals surface area contributed by atoms with Crippen LogP contribution in [0.15, 0.2) is 60.9 Å². The Balaban J connectivity index is 1.24. The highest BCUT2D eigenvalue weighted by atomic mass is 35.5. The largest absolute Gasteiger partial charge is 0.447 e. The highest BCUT2D eigenvalue weighted by molar-refractivity contribution is 6.76. The maximum absolute atomic E-state index is 15.4. The molecule has 4 heterocycles. The van der Waals surface area contributed by atoms with Crippen LogP contribution < -0.4 is 4.90 Å². The Morgan fingerprint density at radius 3 is 2.69 bits per heavy atom. The number of hydrogen-bond acceptors (Lipinski definition) is 7. The van der Waals surface area contributed by atoms with Crippen LogP contribution in [-0.2, 0) is 16.1 Å². The summed E-state index contributed by atoms with van der Waals surface area (Å²) in [4.78, 5) is 23.4. The second-order valence-electron chi connectivity index (χ2n) is 11.3. The van der Waals surface area contributed by atoms with Crippen molar-refractivity contribution in [1.82, 2.24) is 29.8 Å². The monoisotopic (exact) mass is 605 g/mol. The molecule has 1 atom stereocenters. The summed E-state index contributed by atoms with van der Waals surface area (Å²) in [5, 5.41) is 12.0. The van der Waals surface area contributed by atoms with Gasteiger partial charge < -0.3 is 9.47 Å². The molecule has 3 aromatic heterocycles. The number of aromatic amines is 1. The van der Waals surface area contributed by atoms with Crippen LogP contribution in [0, 0.1) is 5.82 Å². The number of nitrogens with one attached hydrogen (secondary N) is 1. The van der Waals surface area contributed by atoms with Gasteiger partial charge in [0.15, 0.2) is 17.3 Å². The van der Waals surface area contributed by atoms with Gasteiger partial charge in [0, 0.05) is 31.5 Å². The Labute approximate surface area is 247 Å². The van der Waals surface area contributed by atoms with Gasteiger partial charge in [0.1, 0.15) is 30.9 Å². The number of H-pyrrole nitrogens is 1. The zero-order chi connectivity index (χ0) is 29.4. The van der Waals surface area contributed by atoms with Gasteiger partial charge >= 0.3 is 6.09 Å². The highest BCUT2D eigenvalue weighted by Gasteiger charge is 2.36. The Morgan fingerprint density at radius 1 is 1.12 bits per heavy atom. The predicted molar refractivity (Wildman–Crippen MR) is 160 cm³/mol. The molecule has 0 unspecified atom stereocenters. The fourth-order valence-corrected chi connectivity index (χ4v) is 5.58. The molecule has 0 spiro atoms. The van der Waals surface area contributed by atoms with Gasteiger partial charge in [-0.15, -0.1) is 0 Å². The molecule has 1 aliphatic heterocycles. The van der Waals surface area contributed by atoms with Gasteiger partial charge in [0.2, 0.25) is 0 Å². The minimum atomic E-state index is -1.19. The summed E-state index contributed by atoms with van der Waals surface area (Å²) in [5.41, 5.74) is 2.76. The molecule has 42 heavy (non-hydrogen) atoms. The number of carbonyl (C=O) groups excluding carboxylic acids is 1. The molecule has 5 aromatic rings. The number of benzene rings is 2. The average molecular weight is 606 g/mol. The first-order valence-corrected chi connectivity index (χ1v) is 17.6. The molecule has 0 bridgehead atoms. The Hall–Kier alpha value is -4.13. The third-order valence-corrected chi connectivity index (χ3v) is 8.97. The number of anilines is 1. The molecule has 216 valence electrons. The van der Waals surface area contributed by atoms with Crippen molar-refractivity contribution in [1.29, 1.82) is 0 Å². The topological polar surface area (TPSA) is 111 Å². The molecule has 0 aliphatic carbocycles. The third-order valence-electron chi connectivity index (χ3n) is 7.02. The zero-order valence-corrected chi connectivity index (χ0v) is 25.1. The molecule has 0 radical (unpaired) electrons. The maximum Gasteiger partial charge on any atom is 0.416 e. The molecule has 1 amide bonds. The van der Waals surface area contributed by atoms with Crippen LogP contribution in [0.25, 0.3) is 28.2 Å². The number of ether oxygens (including phenoxy) is 2. The number of rotatable bonds is 9. The van der Waals surface area contributed by atoms with Crippen molar-refractivity contribution in [2.24, 2.45) is 0 Å². The molecule has 1 fully saturated rings. The second-order valence-corrected chi connectivity index (χ2v) is 17.3. The van der Waals surface area contributed by atoms with E-state index in [9.17, 15) is 4.79 Å². The lowest BCUT2D eigenvalue weighted by molar-refractivity contribution is 0.127. The lowest BCUT2D eigenvalue weighted by atomic mass is 10.1. The van der Waals surface area contributed by atoms with E-state index >= 15 is 4.39 Å². The number of halogens is 2. The summed E-state index contributed by atoms with van der Waals surface area (Å²) < 4.78 is 28.0. The van der Waals surface area contributed by atoms with Gasteiger partial charge in [-0.3, -0.25) is 10.00 Å². The quantitative estimate of drug-likeness (QED) is 0.150. The number of nitrogens with zero attached hydrogens (tertiary/aromatic N) is 6. The van der Waals surface area contributed by atoms with Gasteiger partial charge in [-0.2, -0.15) is 10.2 Å². The van der Waals surface area contributed by atoms with Crippen molar-refractivity contribution >= 4 is 37.2 Å². The molecular weight excluding hydrogens is 577 g/mol. The van der Waals surface area contributed by atoms with Gasteiger partial charge in [0.25, 0.3) is 0 Å². The maximum atomic E-state index is 15.4. The van der Waals surface area contributed by atoms with Crippen LogP contribution in [0.5, 0.6) is 0 Å². The van der Waals surface area contributed by atoms with Crippen molar-refractivity contribution in [2.75, 3.05) is 18.1 Å². The van der Waals surface area contributed by atoms with E-state index in [-0.39, 0.29) is 30.6 Å². The van der Waals surface area contributed by atoms with Gasteiger partial charge in [-0.25, -0.2) is 23.7 Å². The number of fused-ring (bicyclic) bond motifs is 1. The van der Waals surface area contributed by atoms with Crippen LogP contribution >= 0.6 is 11.6 Å². The first-order chi connectivity index (χ1) is 20.2. The fraction of sp³-hybridized carbons (Fsp3) is 0.276. The lowest BCUT2D eigenvalue weighted by Gasteiger charge is -2.21. The number of aromatic nitrogens is 6. The fourth-order valence-electron chi connectivity index (χ4n) is 4.69. The zero-order valence-electron chi connectivity index (χ0n) is 23.3. The summed E-state index contributed by atoms with van der Waals surface area (Å²) in [7, 11) is -1.19. The molecule has 6 rings (SSSR count). The van der Waals surface area contributed by atoms with Crippen molar-refractivity contribution in [2.45, 2.75) is 38.3 Å².